The van der Waals surface area contributed by atoms with Crippen LogP contribution in [0.3, 0.4) is 0 Å². The van der Waals surface area contributed by atoms with E-state index in [-0.39, 0.29) is 35.9 Å². The largest absolute Gasteiger partial charge is 0.504 e. The number of nitro groups is 1. The molecule has 0 radical (unpaired) electrons. The Kier molecular flexibility index (Phi) is 6.21. The molecule has 1 fully saturated rings. The molecule has 1 aromatic heterocycles. The lowest BCUT2D eigenvalue weighted by Crippen LogP contribution is -2.51. The number of ether oxygens (including phenoxy) is 1. The Morgan fingerprint density at radius 3 is 2.70 bits per heavy atom. The number of piperidine rings is 1. The molecule has 3 aromatic rings. The number of methoxy groups -OCH3 is 1. The summed E-state index contributed by atoms with van der Waals surface area (Å²) in [5.74, 6) is -1.92. The summed E-state index contributed by atoms with van der Waals surface area (Å²) in [7, 11) is 1.37. The van der Waals surface area contributed by atoms with Crippen LogP contribution in [0.2, 0.25) is 0 Å². The summed E-state index contributed by atoms with van der Waals surface area (Å²) in [5.41, 5.74) is 1.24. The number of carbonyl (C=O) groups is 1. The Labute approximate surface area is 189 Å². The van der Waals surface area contributed by atoms with Crippen molar-refractivity contribution >= 4 is 5.91 Å². The van der Waals surface area contributed by atoms with Crippen molar-refractivity contribution < 1.29 is 24.0 Å². The highest BCUT2D eigenvalue weighted by molar-refractivity contribution is 5.79. The van der Waals surface area contributed by atoms with E-state index in [1.165, 1.54) is 48.4 Å². The SMILES string of the molecule is COc1cc([C@@H]2[C@@H]([N+](=O)[O-])[C@H](c3ccccc3F)CC(=O)N2Cc2cccnc2)ccc1O. The fourth-order valence-electron chi connectivity index (χ4n) is 4.45. The molecule has 1 amide bonds. The number of aromatic nitrogens is 1. The van der Waals surface area contributed by atoms with Crippen LogP contribution in [0.15, 0.2) is 67.0 Å². The molecule has 2 aromatic carbocycles. The van der Waals surface area contributed by atoms with Gasteiger partial charge in [-0.05, 0) is 41.0 Å². The van der Waals surface area contributed by atoms with Gasteiger partial charge in [0.2, 0.25) is 11.9 Å². The van der Waals surface area contributed by atoms with Crippen molar-refractivity contribution in [3.8, 4) is 11.5 Å². The van der Waals surface area contributed by atoms with Crippen molar-refractivity contribution in [3.05, 3.63) is 99.6 Å². The van der Waals surface area contributed by atoms with E-state index in [0.717, 1.165) is 0 Å². The maximum absolute atomic E-state index is 14.7. The number of amides is 1. The number of nitrogens with zero attached hydrogens (tertiary/aromatic N) is 3. The van der Waals surface area contributed by atoms with Gasteiger partial charge in [-0.15, -0.1) is 0 Å². The van der Waals surface area contributed by atoms with Gasteiger partial charge in [0.15, 0.2) is 11.5 Å². The zero-order valence-electron chi connectivity index (χ0n) is 17.8. The van der Waals surface area contributed by atoms with Crippen molar-refractivity contribution in [1.29, 1.82) is 0 Å². The average molecular weight is 451 g/mol. The summed E-state index contributed by atoms with van der Waals surface area (Å²) in [6.07, 6.45) is 2.97. The maximum atomic E-state index is 14.7. The predicted octanol–water partition coefficient (Wildman–Crippen LogP) is 3.84. The van der Waals surface area contributed by atoms with Gasteiger partial charge in [0.25, 0.3) is 0 Å². The van der Waals surface area contributed by atoms with Gasteiger partial charge in [0, 0.05) is 30.3 Å². The molecule has 0 saturated carbocycles. The molecule has 0 bridgehead atoms. The van der Waals surface area contributed by atoms with Gasteiger partial charge in [-0.25, -0.2) is 4.39 Å². The van der Waals surface area contributed by atoms with E-state index in [0.29, 0.717) is 11.1 Å². The first-order valence-corrected chi connectivity index (χ1v) is 10.3. The van der Waals surface area contributed by atoms with E-state index >= 15 is 0 Å². The zero-order valence-corrected chi connectivity index (χ0v) is 17.8. The molecule has 3 atom stereocenters. The highest BCUT2D eigenvalue weighted by Gasteiger charge is 2.51. The Balaban J connectivity index is 1.86. The maximum Gasteiger partial charge on any atom is 0.244 e. The van der Waals surface area contributed by atoms with E-state index in [2.05, 4.69) is 4.98 Å². The van der Waals surface area contributed by atoms with E-state index in [1.807, 2.05) is 0 Å². The lowest BCUT2D eigenvalue weighted by Gasteiger charge is -2.41. The highest BCUT2D eigenvalue weighted by Crippen LogP contribution is 2.44. The van der Waals surface area contributed by atoms with Gasteiger partial charge in [-0.1, -0.05) is 30.3 Å². The molecular formula is C24H22FN3O5. The van der Waals surface area contributed by atoms with Gasteiger partial charge >= 0.3 is 0 Å². The normalized spacial score (nSPS) is 20.5. The number of aromatic hydroxyl groups is 1. The molecular weight excluding hydrogens is 429 g/mol. The zero-order chi connectivity index (χ0) is 23.5. The minimum atomic E-state index is -1.33. The smallest absolute Gasteiger partial charge is 0.244 e. The minimum absolute atomic E-state index is 0.0921. The number of phenolic OH excluding ortho intramolecular Hbond substituents is 1. The molecule has 9 heteroatoms. The van der Waals surface area contributed by atoms with Crippen molar-refractivity contribution in [3.63, 3.8) is 0 Å². The van der Waals surface area contributed by atoms with E-state index < -0.39 is 28.7 Å². The molecule has 1 saturated heterocycles. The molecule has 170 valence electrons. The van der Waals surface area contributed by atoms with Crippen LogP contribution in [-0.4, -0.2) is 39.0 Å². The number of rotatable bonds is 6. The molecule has 33 heavy (non-hydrogen) atoms. The van der Waals surface area contributed by atoms with Crippen LogP contribution in [0.25, 0.3) is 0 Å². The summed E-state index contributed by atoms with van der Waals surface area (Å²) >= 11 is 0. The molecule has 1 aliphatic heterocycles. The molecule has 0 aliphatic carbocycles. The molecule has 4 rings (SSSR count). The lowest BCUT2D eigenvalue weighted by atomic mass is 9.78. The van der Waals surface area contributed by atoms with Gasteiger partial charge < -0.3 is 14.7 Å². The highest BCUT2D eigenvalue weighted by atomic mass is 19.1. The van der Waals surface area contributed by atoms with Crippen LogP contribution >= 0.6 is 0 Å². The van der Waals surface area contributed by atoms with Crippen LogP contribution in [0.5, 0.6) is 11.5 Å². The minimum Gasteiger partial charge on any atom is -0.504 e. The number of halogens is 1. The Hall–Kier alpha value is -4.01. The number of hydrogen-bond acceptors (Lipinski definition) is 6. The monoisotopic (exact) mass is 451 g/mol. The average Bonchev–Trinajstić information content (AvgIpc) is 2.81. The van der Waals surface area contributed by atoms with Gasteiger partial charge in [0.05, 0.1) is 13.0 Å². The van der Waals surface area contributed by atoms with Crippen LogP contribution in [0.1, 0.15) is 35.1 Å². The second-order valence-corrected chi connectivity index (χ2v) is 7.87. The number of likely N-dealkylation sites (tertiary alicyclic amines) is 1. The molecule has 0 unspecified atom stereocenters. The number of carbonyl (C=O) groups excluding carboxylic acids is 1. The van der Waals surface area contributed by atoms with Crippen molar-refractivity contribution in [2.75, 3.05) is 7.11 Å². The summed E-state index contributed by atoms with van der Waals surface area (Å²) in [6, 6.07) is 11.3. The molecule has 1 N–H and O–H groups in total. The summed E-state index contributed by atoms with van der Waals surface area (Å²) in [6.45, 7) is 0.0921. The third kappa shape index (κ3) is 4.34. The Morgan fingerprint density at radius 2 is 2.03 bits per heavy atom. The van der Waals surface area contributed by atoms with E-state index in [1.54, 1.807) is 30.6 Å². The lowest BCUT2D eigenvalue weighted by molar-refractivity contribution is -0.537. The topological polar surface area (TPSA) is 106 Å². The van der Waals surface area contributed by atoms with E-state index in [9.17, 15) is 24.4 Å². The van der Waals surface area contributed by atoms with Crippen LogP contribution in [0, 0.1) is 15.9 Å². The van der Waals surface area contributed by atoms with Crippen molar-refractivity contribution in [1.82, 2.24) is 9.88 Å². The third-order valence-corrected chi connectivity index (χ3v) is 5.96. The summed E-state index contributed by atoms with van der Waals surface area (Å²) in [4.78, 5) is 30.8. The number of phenols is 1. The summed E-state index contributed by atoms with van der Waals surface area (Å²) < 4.78 is 19.9. The van der Waals surface area contributed by atoms with Gasteiger partial charge in [0.1, 0.15) is 11.9 Å². The third-order valence-electron chi connectivity index (χ3n) is 5.96. The van der Waals surface area contributed by atoms with Gasteiger partial charge in [-0.3, -0.25) is 19.9 Å². The van der Waals surface area contributed by atoms with E-state index in [4.69, 9.17) is 4.74 Å². The Bertz CT molecular complexity index is 1170. The number of hydrogen-bond donors (Lipinski definition) is 1. The quantitative estimate of drug-likeness (QED) is 0.451. The first kappa shape index (κ1) is 22.2. The van der Waals surface area contributed by atoms with Crippen molar-refractivity contribution in [2.24, 2.45) is 0 Å². The first-order chi connectivity index (χ1) is 15.9. The number of pyridine rings is 1. The standard InChI is InChI=1S/C24H22FN3O5/c1-33-21-11-16(8-9-20(21)29)23-24(28(31)32)18(17-6-2-3-7-19(17)25)12-22(30)27(23)14-15-5-4-10-26-13-15/h2-11,13,18,23-24,29H,12,14H2,1H3/t18-,23+,24-/m0/s1. The van der Waals surface area contributed by atoms with Crippen LogP contribution < -0.4 is 4.74 Å². The fraction of sp³-hybridized carbons (Fsp3) is 0.250. The fourth-order valence-corrected chi connectivity index (χ4v) is 4.45. The van der Waals surface area contributed by atoms with Crippen molar-refractivity contribution in [2.45, 2.75) is 31.0 Å². The molecule has 8 nitrogen and oxygen atoms in total. The van der Waals surface area contributed by atoms with Crippen LogP contribution in [0.4, 0.5) is 4.39 Å². The number of benzene rings is 2. The predicted molar refractivity (Wildman–Crippen MR) is 117 cm³/mol. The first-order valence-electron chi connectivity index (χ1n) is 10.3. The molecule has 1 aliphatic rings. The molecule has 0 spiro atoms. The second-order valence-electron chi connectivity index (χ2n) is 7.87. The molecule has 2 heterocycles. The second kappa shape index (κ2) is 9.23. The van der Waals surface area contributed by atoms with Gasteiger partial charge in [-0.2, -0.15) is 0 Å². The van der Waals surface area contributed by atoms with Crippen LogP contribution in [-0.2, 0) is 11.3 Å². The summed E-state index contributed by atoms with van der Waals surface area (Å²) in [5, 5.41) is 22.4. The Morgan fingerprint density at radius 1 is 1.24 bits per heavy atom.